The van der Waals surface area contributed by atoms with Crippen molar-refractivity contribution < 1.29 is 14.4 Å². The highest BCUT2D eigenvalue weighted by molar-refractivity contribution is 5.62. The van der Waals surface area contributed by atoms with Crippen LogP contribution < -0.4 is 15.0 Å². The van der Waals surface area contributed by atoms with E-state index in [2.05, 4.69) is 41.2 Å². The predicted octanol–water partition coefficient (Wildman–Crippen LogP) is 3.54. The van der Waals surface area contributed by atoms with Crippen LogP contribution in [0, 0.1) is 6.92 Å². The largest absolute Gasteiger partial charge is 0.508 e. The average molecular weight is 414 g/mol. The summed E-state index contributed by atoms with van der Waals surface area (Å²) in [6.45, 7) is 3.65. The summed E-state index contributed by atoms with van der Waals surface area (Å²) in [5.74, 6) is 1.74. The lowest BCUT2D eigenvalue weighted by atomic mass is 9.83. The number of nitrogens with zero attached hydrogens (tertiary/aromatic N) is 4. The van der Waals surface area contributed by atoms with Gasteiger partial charge >= 0.3 is 5.88 Å². The number of imidazole rings is 1. The number of benzene rings is 2. The first-order valence-corrected chi connectivity index (χ1v) is 10.3. The molecule has 0 saturated carbocycles. The third-order valence-electron chi connectivity index (χ3n) is 5.72. The average Bonchev–Trinajstić information content (AvgIpc) is 3.28. The van der Waals surface area contributed by atoms with Crippen LogP contribution in [0.25, 0.3) is 0 Å². The van der Waals surface area contributed by atoms with Gasteiger partial charge in [-0.1, -0.05) is 40.9 Å². The second-order valence-electron chi connectivity index (χ2n) is 7.86. The van der Waals surface area contributed by atoms with Crippen LogP contribution >= 0.6 is 0 Å². The molecule has 0 fully saturated rings. The Hall–Kier alpha value is -3.87. The fraction of sp³-hybridized carbons (Fsp3) is 0.208. The summed E-state index contributed by atoms with van der Waals surface area (Å²) >= 11 is 0. The molecule has 7 nitrogen and oxygen atoms in total. The van der Waals surface area contributed by atoms with Gasteiger partial charge in [-0.15, -0.1) is 0 Å². The highest BCUT2D eigenvalue weighted by Gasteiger charge is 2.36. The molecule has 1 aliphatic rings. The lowest BCUT2D eigenvalue weighted by Crippen LogP contribution is -2.40. The topological polar surface area (TPSA) is 90.1 Å². The molecule has 0 saturated heterocycles. The smallest absolute Gasteiger partial charge is 0.306 e. The van der Waals surface area contributed by atoms with Gasteiger partial charge in [0.2, 0.25) is 12.1 Å². The van der Waals surface area contributed by atoms with E-state index in [0.717, 1.165) is 36.2 Å². The molecular weight excluding hydrogens is 390 g/mol. The second-order valence-corrected chi connectivity index (χ2v) is 7.86. The molecule has 4 aromatic rings. The number of aromatic hydroxyl groups is 1. The highest BCUT2D eigenvalue weighted by atomic mass is 16.5. The molecule has 0 amide bonds. The lowest BCUT2D eigenvalue weighted by Gasteiger charge is -2.27. The monoisotopic (exact) mass is 414 g/mol. The Morgan fingerprint density at radius 1 is 1.19 bits per heavy atom. The Morgan fingerprint density at radius 2 is 2.03 bits per heavy atom. The van der Waals surface area contributed by atoms with Gasteiger partial charge < -0.3 is 20.1 Å². The Bertz CT molecular complexity index is 1220. The number of rotatable bonds is 5. The number of phenolic OH excluding ortho intramolecular Hbond substituents is 1. The standard InChI is InChI=1S/C24H23N5O2/c1-16-3-5-17(6-4-16)21-19-8-7-18(30)13-20(19)31-24-22(21)23(25)29(15-27-24)11-2-10-28-12-9-26-14-28/h3-9,12-15,21,25,30H,2,10-11H2,1H3/p+1/t21-/m1/s1. The van der Waals surface area contributed by atoms with E-state index in [-0.39, 0.29) is 11.7 Å². The minimum atomic E-state index is -0.131. The maximum Gasteiger partial charge on any atom is 0.306 e. The third-order valence-corrected chi connectivity index (χ3v) is 5.72. The SMILES string of the molecule is Cc1ccc([C@@H]2c3ccc(O)cc3Oc3nc[n+](CCCn4ccnc4)c(N)c32)cc1. The van der Waals surface area contributed by atoms with Crippen molar-refractivity contribution in [3.8, 4) is 17.4 Å². The molecule has 1 atom stereocenters. The molecule has 0 bridgehead atoms. The lowest BCUT2D eigenvalue weighted by molar-refractivity contribution is -0.686. The number of fused-ring (bicyclic) bond motifs is 2. The molecule has 0 radical (unpaired) electrons. The van der Waals surface area contributed by atoms with E-state index in [1.165, 1.54) is 5.56 Å². The number of ether oxygens (including phenoxy) is 1. The number of aromatic nitrogens is 4. The normalized spacial score (nSPS) is 14.5. The fourth-order valence-electron chi connectivity index (χ4n) is 4.11. The Morgan fingerprint density at radius 3 is 2.81 bits per heavy atom. The number of phenols is 1. The summed E-state index contributed by atoms with van der Waals surface area (Å²) in [6.07, 6.45) is 8.16. The molecule has 1 aliphatic heterocycles. The van der Waals surface area contributed by atoms with Gasteiger partial charge in [-0.2, -0.15) is 0 Å². The summed E-state index contributed by atoms with van der Waals surface area (Å²) in [4.78, 5) is 8.66. The summed E-state index contributed by atoms with van der Waals surface area (Å²) in [6, 6.07) is 13.6. The molecule has 156 valence electrons. The molecule has 3 heterocycles. The van der Waals surface area contributed by atoms with Gasteiger partial charge in [-0.25, -0.2) is 9.55 Å². The number of nitrogen functional groups attached to an aromatic ring is 1. The van der Waals surface area contributed by atoms with Gasteiger partial charge in [0.25, 0.3) is 0 Å². The van der Waals surface area contributed by atoms with Gasteiger partial charge in [0.15, 0.2) is 0 Å². The summed E-state index contributed by atoms with van der Waals surface area (Å²) in [5, 5.41) is 9.97. The maximum atomic E-state index is 9.97. The van der Waals surface area contributed by atoms with Gasteiger partial charge in [-0.3, -0.25) is 0 Å². The van der Waals surface area contributed by atoms with Gasteiger partial charge in [0.05, 0.1) is 18.8 Å². The first-order chi connectivity index (χ1) is 15.1. The zero-order valence-corrected chi connectivity index (χ0v) is 17.3. The zero-order chi connectivity index (χ0) is 21.4. The van der Waals surface area contributed by atoms with Crippen molar-refractivity contribution >= 4 is 5.82 Å². The minimum Gasteiger partial charge on any atom is -0.508 e. The van der Waals surface area contributed by atoms with Crippen molar-refractivity contribution in [3.05, 3.63) is 89.8 Å². The van der Waals surface area contributed by atoms with Crippen LogP contribution in [0.4, 0.5) is 5.82 Å². The quantitative estimate of drug-likeness (QED) is 0.429. The summed E-state index contributed by atoms with van der Waals surface area (Å²) in [7, 11) is 0. The molecule has 3 N–H and O–H groups in total. The van der Waals surface area contributed by atoms with Crippen molar-refractivity contribution in [2.24, 2.45) is 0 Å². The van der Waals surface area contributed by atoms with Gasteiger partial charge in [0, 0.05) is 30.6 Å². The van der Waals surface area contributed by atoms with E-state index in [0.29, 0.717) is 17.4 Å². The molecule has 2 aromatic carbocycles. The zero-order valence-electron chi connectivity index (χ0n) is 17.3. The molecular formula is C24H24N5O2+. The molecule has 0 unspecified atom stereocenters. The van der Waals surface area contributed by atoms with Crippen molar-refractivity contribution in [2.75, 3.05) is 5.73 Å². The van der Waals surface area contributed by atoms with Crippen LogP contribution in [0.15, 0.2) is 67.5 Å². The van der Waals surface area contributed by atoms with E-state index >= 15 is 0 Å². The van der Waals surface area contributed by atoms with E-state index in [1.807, 2.05) is 27.7 Å². The van der Waals surface area contributed by atoms with E-state index < -0.39 is 0 Å². The number of anilines is 1. The number of nitrogens with two attached hydrogens (primary N) is 1. The molecule has 0 aliphatic carbocycles. The Labute approximate surface area is 180 Å². The van der Waals surface area contributed by atoms with Crippen molar-refractivity contribution in [1.29, 1.82) is 0 Å². The third kappa shape index (κ3) is 3.59. The molecule has 0 spiro atoms. The van der Waals surface area contributed by atoms with Crippen LogP contribution in [-0.2, 0) is 13.1 Å². The Balaban J connectivity index is 1.55. The van der Waals surface area contributed by atoms with Crippen LogP contribution in [0.1, 0.15) is 34.6 Å². The summed E-state index contributed by atoms with van der Waals surface area (Å²) in [5.41, 5.74) is 10.8. The molecule has 7 heteroatoms. The molecule has 2 aromatic heterocycles. The minimum absolute atomic E-state index is 0.131. The van der Waals surface area contributed by atoms with E-state index in [4.69, 9.17) is 10.5 Å². The molecule has 31 heavy (non-hydrogen) atoms. The number of aryl methyl sites for hydroxylation is 3. The summed E-state index contributed by atoms with van der Waals surface area (Å²) < 4.78 is 10.1. The Kier molecular flexibility index (Phi) is 4.78. The van der Waals surface area contributed by atoms with E-state index in [9.17, 15) is 5.11 Å². The first-order valence-electron chi connectivity index (χ1n) is 10.3. The van der Waals surface area contributed by atoms with Crippen LogP contribution in [-0.4, -0.2) is 19.6 Å². The van der Waals surface area contributed by atoms with Crippen LogP contribution in [0.2, 0.25) is 0 Å². The van der Waals surface area contributed by atoms with Gasteiger partial charge in [-0.05, 0) is 25.0 Å². The van der Waals surface area contributed by atoms with Crippen molar-refractivity contribution in [2.45, 2.75) is 32.4 Å². The van der Waals surface area contributed by atoms with Crippen LogP contribution in [0.5, 0.6) is 17.4 Å². The highest BCUT2D eigenvalue weighted by Crippen LogP contribution is 2.48. The predicted molar refractivity (Wildman–Crippen MR) is 116 cm³/mol. The maximum absolute atomic E-state index is 9.97. The first kappa shape index (κ1) is 19.1. The van der Waals surface area contributed by atoms with E-state index in [1.54, 1.807) is 24.7 Å². The fourth-order valence-corrected chi connectivity index (χ4v) is 4.11. The second kappa shape index (κ2) is 7.75. The van der Waals surface area contributed by atoms with Crippen molar-refractivity contribution in [3.63, 3.8) is 0 Å². The molecule has 5 rings (SSSR count). The van der Waals surface area contributed by atoms with Gasteiger partial charge in [0.1, 0.15) is 17.1 Å². The number of hydrogen-bond acceptors (Lipinski definition) is 5. The van der Waals surface area contributed by atoms with Crippen LogP contribution in [0.3, 0.4) is 0 Å². The van der Waals surface area contributed by atoms with Crippen molar-refractivity contribution in [1.82, 2.24) is 14.5 Å². The number of hydrogen-bond donors (Lipinski definition) is 2.